The van der Waals surface area contributed by atoms with E-state index in [-0.39, 0.29) is 12.1 Å². The third kappa shape index (κ3) is 4.21. The summed E-state index contributed by atoms with van der Waals surface area (Å²) in [5.41, 5.74) is 1.01. The van der Waals surface area contributed by atoms with Gasteiger partial charge in [-0.1, -0.05) is 34.1 Å². The second kappa shape index (κ2) is 6.97. The standard InChI is InChI=1S/C14H20BrN3O3S/c1-11(12-5-3-4-6-13(12)15)16-14(19)17-7-9-18(10-8-17)22(2,20)21/h3-6,11H,7-10H2,1-2H3,(H,16,19). The van der Waals surface area contributed by atoms with Crippen LogP contribution in [0.4, 0.5) is 4.79 Å². The Morgan fingerprint density at radius 2 is 1.82 bits per heavy atom. The van der Waals surface area contributed by atoms with Crippen LogP contribution in [0.2, 0.25) is 0 Å². The van der Waals surface area contributed by atoms with Crippen molar-refractivity contribution >= 4 is 32.0 Å². The zero-order valence-electron chi connectivity index (χ0n) is 12.6. The van der Waals surface area contributed by atoms with Crippen molar-refractivity contribution in [1.82, 2.24) is 14.5 Å². The Balaban J connectivity index is 1.93. The maximum Gasteiger partial charge on any atom is 0.317 e. The Morgan fingerprint density at radius 1 is 1.23 bits per heavy atom. The largest absolute Gasteiger partial charge is 0.331 e. The Hall–Kier alpha value is -1.12. The predicted molar refractivity (Wildman–Crippen MR) is 89.1 cm³/mol. The van der Waals surface area contributed by atoms with Crippen molar-refractivity contribution in [2.45, 2.75) is 13.0 Å². The van der Waals surface area contributed by atoms with Gasteiger partial charge in [-0.2, -0.15) is 4.31 Å². The SMILES string of the molecule is CC(NC(=O)N1CCN(S(C)(=O)=O)CC1)c1ccccc1Br. The minimum absolute atomic E-state index is 0.129. The van der Waals surface area contributed by atoms with Crippen LogP contribution in [0.1, 0.15) is 18.5 Å². The van der Waals surface area contributed by atoms with Crippen LogP contribution in [-0.2, 0) is 10.0 Å². The molecule has 1 fully saturated rings. The Labute approximate surface area is 139 Å². The first-order chi connectivity index (χ1) is 10.3. The lowest BCUT2D eigenvalue weighted by Gasteiger charge is -2.34. The Kier molecular flexibility index (Phi) is 5.46. The molecule has 1 saturated heterocycles. The third-order valence-electron chi connectivity index (χ3n) is 3.71. The zero-order valence-corrected chi connectivity index (χ0v) is 15.0. The summed E-state index contributed by atoms with van der Waals surface area (Å²) in [6.45, 7) is 3.42. The van der Waals surface area contributed by atoms with Crippen LogP contribution in [0.15, 0.2) is 28.7 Å². The first-order valence-electron chi connectivity index (χ1n) is 7.04. The summed E-state index contributed by atoms with van der Waals surface area (Å²) in [7, 11) is -3.18. The fourth-order valence-corrected chi connectivity index (χ4v) is 3.86. The van der Waals surface area contributed by atoms with E-state index in [1.165, 1.54) is 10.6 Å². The Bertz CT molecular complexity index is 642. The third-order valence-corrected chi connectivity index (χ3v) is 5.73. The van der Waals surface area contributed by atoms with Gasteiger partial charge in [-0.15, -0.1) is 0 Å². The maximum atomic E-state index is 12.3. The van der Waals surface area contributed by atoms with E-state index in [2.05, 4.69) is 21.2 Å². The van der Waals surface area contributed by atoms with Gasteiger partial charge in [0.25, 0.3) is 0 Å². The van der Waals surface area contributed by atoms with E-state index in [1.807, 2.05) is 31.2 Å². The highest BCUT2D eigenvalue weighted by Gasteiger charge is 2.26. The number of carbonyl (C=O) groups is 1. The van der Waals surface area contributed by atoms with Crippen LogP contribution >= 0.6 is 15.9 Å². The number of urea groups is 1. The van der Waals surface area contributed by atoms with Crippen molar-refractivity contribution in [2.75, 3.05) is 32.4 Å². The molecule has 1 aromatic carbocycles. The number of hydrogen-bond acceptors (Lipinski definition) is 3. The van der Waals surface area contributed by atoms with Gasteiger partial charge in [0.15, 0.2) is 0 Å². The molecule has 0 spiro atoms. The van der Waals surface area contributed by atoms with Crippen molar-refractivity contribution in [3.8, 4) is 0 Å². The first kappa shape index (κ1) is 17.2. The lowest BCUT2D eigenvalue weighted by atomic mass is 10.1. The van der Waals surface area contributed by atoms with E-state index < -0.39 is 10.0 Å². The molecular formula is C14H20BrN3O3S. The minimum atomic E-state index is -3.18. The van der Waals surface area contributed by atoms with E-state index in [0.29, 0.717) is 26.2 Å². The summed E-state index contributed by atoms with van der Waals surface area (Å²) in [6, 6.07) is 7.44. The molecule has 1 aliphatic heterocycles. The van der Waals surface area contributed by atoms with Gasteiger partial charge in [0.1, 0.15) is 0 Å². The van der Waals surface area contributed by atoms with Gasteiger partial charge in [0.2, 0.25) is 10.0 Å². The average Bonchev–Trinajstić information content (AvgIpc) is 2.46. The molecule has 122 valence electrons. The number of hydrogen-bond donors (Lipinski definition) is 1. The summed E-state index contributed by atoms with van der Waals surface area (Å²) in [4.78, 5) is 13.9. The van der Waals surface area contributed by atoms with E-state index in [0.717, 1.165) is 10.0 Å². The second-order valence-electron chi connectivity index (χ2n) is 5.34. The number of amides is 2. The minimum Gasteiger partial charge on any atom is -0.331 e. The molecule has 1 heterocycles. The van der Waals surface area contributed by atoms with Crippen molar-refractivity contribution in [1.29, 1.82) is 0 Å². The van der Waals surface area contributed by atoms with Gasteiger partial charge in [-0.25, -0.2) is 13.2 Å². The molecule has 0 aromatic heterocycles. The van der Waals surface area contributed by atoms with Gasteiger partial charge in [-0.05, 0) is 18.6 Å². The van der Waals surface area contributed by atoms with Crippen molar-refractivity contribution < 1.29 is 13.2 Å². The van der Waals surface area contributed by atoms with Gasteiger partial charge in [0.05, 0.1) is 12.3 Å². The fraction of sp³-hybridized carbons (Fsp3) is 0.500. The molecule has 0 bridgehead atoms. The molecule has 0 radical (unpaired) electrons. The molecule has 22 heavy (non-hydrogen) atoms. The highest BCUT2D eigenvalue weighted by atomic mass is 79.9. The molecule has 1 aliphatic rings. The lowest BCUT2D eigenvalue weighted by Crippen LogP contribution is -2.53. The smallest absolute Gasteiger partial charge is 0.317 e. The van der Waals surface area contributed by atoms with E-state index in [9.17, 15) is 13.2 Å². The zero-order chi connectivity index (χ0) is 16.3. The molecule has 1 aromatic rings. The predicted octanol–water partition coefficient (Wildman–Crippen LogP) is 1.80. The highest BCUT2D eigenvalue weighted by Crippen LogP contribution is 2.23. The van der Waals surface area contributed by atoms with E-state index >= 15 is 0 Å². The van der Waals surface area contributed by atoms with Crippen molar-refractivity contribution in [2.24, 2.45) is 0 Å². The summed E-state index contributed by atoms with van der Waals surface area (Å²) in [5, 5.41) is 2.95. The lowest BCUT2D eigenvalue weighted by molar-refractivity contribution is 0.170. The highest BCUT2D eigenvalue weighted by molar-refractivity contribution is 9.10. The molecule has 2 rings (SSSR count). The molecule has 0 aliphatic carbocycles. The summed E-state index contributed by atoms with van der Waals surface area (Å²) in [6.07, 6.45) is 1.19. The number of sulfonamides is 1. The van der Waals surface area contributed by atoms with Crippen LogP contribution in [0.3, 0.4) is 0 Å². The van der Waals surface area contributed by atoms with Gasteiger partial charge < -0.3 is 10.2 Å². The first-order valence-corrected chi connectivity index (χ1v) is 9.68. The van der Waals surface area contributed by atoms with Gasteiger partial charge >= 0.3 is 6.03 Å². The van der Waals surface area contributed by atoms with Crippen LogP contribution in [0.25, 0.3) is 0 Å². The normalized spacial score (nSPS) is 18.0. The van der Waals surface area contributed by atoms with Crippen LogP contribution in [0.5, 0.6) is 0 Å². The average molecular weight is 390 g/mol. The van der Waals surface area contributed by atoms with Crippen LogP contribution < -0.4 is 5.32 Å². The number of benzene rings is 1. The number of nitrogens with one attached hydrogen (secondary N) is 1. The number of carbonyl (C=O) groups excluding carboxylic acids is 1. The van der Waals surface area contributed by atoms with Gasteiger partial charge in [-0.3, -0.25) is 0 Å². The van der Waals surface area contributed by atoms with Crippen molar-refractivity contribution in [3.05, 3.63) is 34.3 Å². The molecule has 1 N–H and O–H groups in total. The number of piperazine rings is 1. The molecule has 1 unspecified atom stereocenters. The molecule has 0 saturated carbocycles. The molecule has 1 atom stereocenters. The van der Waals surface area contributed by atoms with Crippen molar-refractivity contribution in [3.63, 3.8) is 0 Å². The van der Waals surface area contributed by atoms with E-state index in [1.54, 1.807) is 4.90 Å². The molecule has 6 nitrogen and oxygen atoms in total. The quantitative estimate of drug-likeness (QED) is 0.856. The number of nitrogens with zero attached hydrogens (tertiary/aromatic N) is 2. The fourth-order valence-electron chi connectivity index (χ4n) is 2.40. The summed E-state index contributed by atoms with van der Waals surface area (Å²) < 4.78 is 25.3. The maximum absolute atomic E-state index is 12.3. The summed E-state index contributed by atoms with van der Waals surface area (Å²) in [5.74, 6) is 0. The van der Waals surface area contributed by atoms with Gasteiger partial charge in [0, 0.05) is 30.7 Å². The topological polar surface area (TPSA) is 69.7 Å². The molecule has 2 amide bonds. The number of rotatable bonds is 3. The monoisotopic (exact) mass is 389 g/mol. The number of halogens is 1. The molecular weight excluding hydrogens is 370 g/mol. The second-order valence-corrected chi connectivity index (χ2v) is 8.18. The van der Waals surface area contributed by atoms with Crippen LogP contribution in [0, 0.1) is 0 Å². The summed E-state index contributed by atoms with van der Waals surface area (Å²) >= 11 is 3.47. The van der Waals surface area contributed by atoms with Crippen LogP contribution in [-0.4, -0.2) is 56.1 Å². The molecule has 8 heteroatoms. The van der Waals surface area contributed by atoms with E-state index in [4.69, 9.17) is 0 Å². The Morgan fingerprint density at radius 3 is 2.36 bits per heavy atom.